The van der Waals surface area contributed by atoms with Gasteiger partial charge in [0, 0.05) is 43.7 Å². The Bertz CT molecular complexity index is 721. The molecular weight excluding hydrogens is 318 g/mol. The van der Waals surface area contributed by atoms with Crippen molar-refractivity contribution in [2.45, 2.75) is 20.4 Å². The Hall–Kier alpha value is -2.83. The zero-order chi connectivity index (χ0) is 18.4. The second-order valence-corrected chi connectivity index (χ2v) is 6.49. The lowest BCUT2D eigenvalue weighted by atomic mass is 10.1. The van der Waals surface area contributed by atoms with Crippen molar-refractivity contribution in [1.29, 1.82) is 0 Å². The summed E-state index contributed by atoms with van der Waals surface area (Å²) >= 11 is 0. The van der Waals surface area contributed by atoms with Crippen molar-refractivity contribution in [2.75, 3.05) is 18.9 Å². The standard InChI is InChI=1S/C18H25N5O2/c1-13(2)9-19-17(24)15-5-7-16(8-6-15)21-18(25)22(3)11-14-10-20-23(4)12-14/h5-8,10,12-13H,9,11H2,1-4H3,(H,19,24)(H,21,25). The van der Waals surface area contributed by atoms with Gasteiger partial charge in [0.1, 0.15) is 0 Å². The highest BCUT2D eigenvalue weighted by Gasteiger charge is 2.11. The van der Waals surface area contributed by atoms with Gasteiger partial charge in [-0.3, -0.25) is 9.48 Å². The number of carbonyl (C=O) groups is 2. The van der Waals surface area contributed by atoms with Crippen LogP contribution in [0.25, 0.3) is 0 Å². The minimum Gasteiger partial charge on any atom is -0.352 e. The topological polar surface area (TPSA) is 79.3 Å². The first-order valence-electron chi connectivity index (χ1n) is 8.23. The van der Waals surface area contributed by atoms with Crippen molar-refractivity contribution in [1.82, 2.24) is 20.0 Å². The van der Waals surface area contributed by atoms with Gasteiger partial charge < -0.3 is 15.5 Å². The normalized spacial score (nSPS) is 10.6. The Labute approximate surface area is 148 Å². The Balaban J connectivity index is 1.89. The number of hydrogen-bond acceptors (Lipinski definition) is 3. The molecule has 0 radical (unpaired) electrons. The van der Waals surface area contributed by atoms with Crippen LogP contribution in [0.5, 0.6) is 0 Å². The van der Waals surface area contributed by atoms with Gasteiger partial charge in [-0.1, -0.05) is 13.8 Å². The van der Waals surface area contributed by atoms with Crippen LogP contribution in [0.4, 0.5) is 10.5 Å². The summed E-state index contributed by atoms with van der Waals surface area (Å²) in [6, 6.07) is 6.62. The first kappa shape index (κ1) is 18.5. The fourth-order valence-electron chi connectivity index (χ4n) is 2.22. The van der Waals surface area contributed by atoms with Crippen molar-refractivity contribution >= 4 is 17.6 Å². The lowest BCUT2D eigenvalue weighted by Crippen LogP contribution is -2.30. The molecule has 2 aromatic rings. The van der Waals surface area contributed by atoms with E-state index in [1.807, 2.05) is 27.1 Å². The molecule has 0 aliphatic heterocycles. The minimum atomic E-state index is -0.221. The molecule has 7 nitrogen and oxygen atoms in total. The fraction of sp³-hybridized carbons (Fsp3) is 0.389. The van der Waals surface area contributed by atoms with E-state index in [0.29, 0.717) is 30.3 Å². The molecule has 0 fully saturated rings. The van der Waals surface area contributed by atoms with E-state index < -0.39 is 0 Å². The van der Waals surface area contributed by atoms with Gasteiger partial charge in [-0.05, 0) is 30.2 Å². The first-order chi connectivity index (χ1) is 11.8. The second-order valence-electron chi connectivity index (χ2n) is 6.49. The highest BCUT2D eigenvalue weighted by atomic mass is 16.2. The molecule has 2 N–H and O–H groups in total. The summed E-state index contributed by atoms with van der Waals surface area (Å²) in [5.41, 5.74) is 2.17. The average Bonchev–Trinajstić information content (AvgIpc) is 2.98. The van der Waals surface area contributed by atoms with Crippen LogP contribution in [0.15, 0.2) is 36.7 Å². The summed E-state index contributed by atoms with van der Waals surface area (Å²) < 4.78 is 1.70. The number of anilines is 1. The molecule has 0 bridgehead atoms. The largest absolute Gasteiger partial charge is 0.352 e. The van der Waals surface area contributed by atoms with Gasteiger partial charge in [-0.15, -0.1) is 0 Å². The maximum Gasteiger partial charge on any atom is 0.321 e. The number of rotatable bonds is 6. The van der Waals surface area contributed by atoms with Crippen LogP contribution in [-0.4, -0.2) is 40.2 Å². The van der Waals surface area contributed by atoms with Crippen molar-refractivity contribution in [3.63, 3.8) is 0 Å². The molecule has 25 heavy (non-hydrogen) atoms. The van der Waals surface area contributed by atoms with Gasteiger partial charge in [0.2, 0.25) is 0 Å². The smallest absolute Gasteiger partial charge is 0.321 e. The number of urea groups is 1. The summed E-state index contributed by atoms with van der Waals surface area (Å²) in [4.78, 5) is 25.8. The molecule has 7 heteroatoms. The molecule has 1 aromatic carbocycles. The maximum atomic E-state index is 12.2. The monoisotopic (exact) mass is 343 g/mol. The van der Waals surface area contributed by atoms with Crippen molar-refractivity contribution in [2.24, 2.45) is 13.0 Å². The van der Waals surface area contributed by atoms with Gasteiger partial charge in [0.05, 0.1) is 12.7 Å². The Morgan fingerprint density at radius 1 is 1.24 bits per heavy atom. The molecule has 1 heterocycles. The van der Waals surface area contributed by atoms with Crippen LogP contribution in [0.1, 0.15) is 29.8 Å². The van der Waals surface area contributed by atoms with Crippen LogP contribution in [0, 0.1) is 5.92 Å². The van der Waals surface area contributed by atoms with Crippen molar-refractivity contribution in [3.8, 4) is 0 Å². The molecule has 1 aromatic heterocycles. The number of hydrogen-bond donors (Lipinski definition) is 2. The first-order valence-corrected chi connectivity index (χ1v) is 8.23. The molecule has 0 atom stereocenters. The quantitative estimate of drug-likeness (QED) is 0.846. The van der Waals surface area contributed by atoms with E-state index in [1.165, 1.54) is 0 Å². The summed E-state index contributed by atoms with van der Waals surface area (Å²) in [6.45, 7) is 5.19. The van der Waals surface area contributed by atoms with Crippen LogP contribution in [0.3, 0.4) is 0 Å². The fourth-order valence-corrected chi connectivity index (χ4v) is 2.22. The molecule has 2 rings (SSSR count). The van der Waals surface area contributed by atoms with Gasteiger partial charge in [0.25, 0.3) is 5.91 Å². The van der Waals surface area contributed by atoms with Gasteiger partial charge in [0.15, 0.2) is 0 Å². The molecule has 3 amide bonds. The van der Waals surface area contributed by atoms with Gasteiger partial charge in [-0.25, -0.2) is 4.79 Å². The second kappa shape index (κ2) is 8.32. The van der Waals surface area contributed by atoms with Crippen LogP contribution in [-0.2, 0) is 13.6 Å². The minimum absolute atomic E-state index is 0.111. The summed E-state index contributed by atoms with van der Waals surface area (Å²) in [6.07, 6.45) is 3.60. The van der Waals surface area contributed by atoms with E-state index in [1.54, 1.807) is 47.1 Å². The third-order valence-electron chi connectivity index (χ3n) is 3.59. The van der Waals surface area contributed by atoms with E-state index in [-0.39, 0.29) is 11.9 Å². The number of benzene rings is 1. The van der Waals surface area contributed by atoms with Crippen molar-refractivity contribution < 1.29 is 9.59 Å². The molecule has 134 valence electrons. The predicted octanol–water partition coefficient (Wildman–Crippen LogP) is 2.47. The molecular formula is C18H25N5O2. The summed E-state index contributed by atoms with van der Waals surface area (Å²) in [7, 11) is 3.55. The molecule has 0 saturated heterocycles. The average molecular weight is 343 g/mol. The Morgan fingerprint density at radius 3 is 2.48 bits per heavy atom. The van der Waals surface area contributed by atoms with Crippen molar-refractivity contribution in [3.05, 3.63) is 47.8 Å². The Kier molecular flexibility index (Phi) is 6.16. The molecule has 0 aliphatic carbocycles. The maximum absolute atomic E-state index is 12.2. The number of amides is 3. The third kappa shape index (κ3) is 5.63. The third-order valence-corrected chi connectivity index (χ3v) is 3.59. The van der Waals surface area contributed by atoms with E-state index in [2.05, 4.69) is 15.7 Å². The van der Waals surface area contributed by atoms with Crippen LogP contribution in [0.2, 0.25) is 0 Å². The zero-order valence-electron chi connectivity index (χ0n) is 15.1. The molecule has 0 aliphatic rings. The SMILES string of the molecule is CC(C)CNC(=O)c1ccc(NC(=O)N(C)Cc2cnn(C)c2)cc1. The van der Waals surface area contributed by atoms with E-state index in [0.717, 1.165) is 5.56 Å². The highest BCUT2D eigenvalue weighted by Crippen LogP contribution is 2.11. The van der Waals surface area contributed by atoms with Crippen LogP contribution >= 0.6 is 0 Å². The zero-order valence-corrected chi connectivity index (χ0v) is 15.1. The van der Waals surface area contributed by atoms with E-state index >= 15 is 0 Å². The van der Waals surface area contributed by atoms with Gasteiger partial charge in [-0.2, -0.15) is 5.10 Å². The van der Waals surface area contributed by atoms with Gasteiger partial charge >= 0.3 is 6.03 Å². The highest BCUT2D eigenvalue weighted by molar-refractivity contribution is 5.95. The summed E-state index contributed by atoms with van der Waals surface area (Å²) in [5, 5.41) is 9.76. The number of nitrogens with zero attached hydrogens (tertiary/aromatic N) is 3. The van der Waals surface area contributed by atoms with E-state index in [4.69, 9.17) is 0 Å². The van der Waals surface area contributed by atoms with E-state index in [9.17, 15) is 9.59 Å². The Morgan fingerprint density at radius 2 is 1.92 bits per heavy atom. The number of nitrogens with one attached hydrogen (secondary N) is 2. The number of aryl methyl sites for hydroxylation is 1. The predicted molar refractivity (Wildman–Crippen MR) is 97.3 cm³/mol. The van der Waals surface area contributed by atoms with Crippen LogP contribution < -0.4 is 10.6 Å². The molecule has 0 saturated carbocycles. The number of aromatic nitrogens is 2. The molecule has 0 unspecified atom stereocenters. The lowest BCUT2D eigenvalue weighted by molar-refractivity contribution is 0.0949. The molecule has 0 spiro atoms. The summed E-state index contributed by atoms with van der Waals surface area (Å²) in [5.74, 6) is 0.290. The lowest BCUT2D eigenvalue weighted by Gasteiger charge is -2.17. The number of carbonyl (C=O) groups excluding carboxylic acids is 2.